The van der Waals surface area contributed by atoms with Crippen molar-refractivity contribution in [2.75, 3.05) is 17.5 Å². The van der Waals surface area contributed by atoms with E-state index in [2.05, 4.69) is 21.2 Å². The van der Waals surface area contributed by atoms with Crippen molar-refractivity contribution in [2.24, 2.45) is 0 Å². The van der Waals surface area contributed by atoms with Gasteiger partial charge in [-0.15, -0.1) is 0 Å². The molecule has 0 aliphatic carbocycles. The molecular formula is C37H42BrN3O5S. The average molecular weight is 721 g/mol. The Kier molecular flexibility index (Phi) is 12.6. The molecule has 0 aliphatic rings. The SMILES string of the molecule is CCOc1ccccc1N(CC(=O)N(Cc1ccc(Br)cc1)[C@H](Cc1ccccc1)C(=O)N[C@H](C)CC)S(=O)(=O)c1ccc(C)cc1. The van der Waals surface area contributed by atoms with Crippen molar-refractivity contribution < 1.29 is 22.7 Å². The number of benzene rings is 4. The molecular weight excluding hydrogens is 678 g/mol. The van der Waals surface area contributed by atoms with Crippen LogP contribution < -0.4 is 14.4 Å². The van der Waals surface area contributed by atoms with Gasteiger partial charge in [0, 0.05) is 23.5 Å². The molecule has 4 aromatic carbocycles. The largest absolute Gasteiger partial charge is 0.492 e. The molecule has 10 heteroatoms. The van der Waals surface area contributed by atoms with Crippen molar-refractivity contribution in [3.05, 3.63) is 124 Å². The van der Waals surface area contributed by atoms with Crippen LogP contribution in [0.5, 0.6) is 5.75 Å². The number of hydrogen-bond donors (Lipinski definition) is 1. The van der Waals surface area contributed by atoms with Gasteiger partial charge in [0.05, 0.1) is 17.2 Å². The number of anilines is 1. The van der Waals surface area contributed by atoms with Gasteiger partial charge in [-0.25, -0.2) is 8.42 Å². The number of sulfonamides is 1. The highest BCUT2D eigenvalue weighted by molar-refractivity contribution is 9.10. The number of rotatable bonds is 15. The first-order valence-corrected chi connectivity index (χ1v) is 18.0. The molecule has 8 nitrogen and oxygen atoms in total. The van der Waals surface area contributed by atoms with Crippen LogP contribution in [-0.2, 0) is 32.6 Å². The molecule has 0 aromatic heterocycles. The predicted molar refractivity (Wildman–Crippen MR) is 190 cm³/mol. The molecule has 47 heavy (non-hydrogen) atoms. The van der Waals surface area contributed by atoms with Gasteiger partial charge in [0.2, 0.25) is 11.8 Å². The Morgan fingerprint density at radius 2 is 1.49 bits per heavy atom. The van der Waals surface area contributed by atoms with Crippen LogP contribution in [0.25, 0.3) is 0 Å². The number of amides is 2. The summed E-state index contributed by atoms with van der Waals surface area (Å²) in [6.07, 6.45) is 0.951. The number of ether oxygens (including phenoxy) is 1. The number of para-hydroxylation sites is 2. The van der Waals surface area contributed by atoms with Crippen LogP contribution in [0.2, 0.25) is 0 Å². The number of carbonyl (C=O) groups is 2. The molecule has 4 rings (SSSR count). The van der Waals surface area contributed by atoms with Gasteiger partial charge in [-0.2, -0.15) is 0 Å². The zero-order valence-corrected chi connectivity index (χ0v) is 29.6. The Hall–Kier alpha value is -4.15. The smallest absolute Gasteiger partial charge is 0.264 e. The molecule has 0 fully saturated rings. The van der Waals surface area contributed by atoms with Crippen LogP contribution in [0.1, 0.15) is 43.9 Å². The summed E-state index contributed by atoms with van der Waals surface area (Å²) in [5.74, 6) is -0.514. The molecule has 1 N–H and O–H groups in total. The predicted octanol–water partition coefficient (Wildman–Crippen LogP) is 6.91. The van der Waals surface area contributed by atoms with Crippen LogP contribution in [0.4, 0.5) is 5.69 Å². The van der Waals surface area contributed by atoms with Gasteiger partial charge < -0.3 is 15.0 Å². The van der Waals surface area contributed by atoms with E-state index in [-0.39, 0.29) is 35.5 Å². The molecule has 4 aromatic rings. The molecule has 2 atom stereocenters. The minimum atomic E-state index is -4.25. The number of carbonyl (C=O) groups excluding carboxylic acids is 2. The second-order valence-electron chi connectivity index (χ2n) is 11.4. The molecule has 248 valence electrons. The maximum Gasteiger partial charge on any atom is 0.264 e. The van der Waals surface area contributed by atoms with Gasteiger partial charge in [0.1, 0.15) is 18.3 Å². The van der Waals surface area contributed by atoms with Gasteiger partial charge in [0.25, 0.3) is 10.0 Å². The third-order valence-electron chi connectivity index (χ3n) is 7.86. The van der Waals surface area contributed by atoms with Crippen LogP contribution >= 0.6 is 15.9 Å². The minimum Gasteiger partial charge on any atom is -0.492 e. The van der Waals surface area contributed by atoms with Gasteiger partial charge >= 0.3 is 0 Å². The molecule has 0 aliphatic heterocycles. The molecule has 0 spiro atoms. The van der Waals surface area contributed by atoms with E-state index in [9.17, 15) is 18.0 Å². The Balaban J connectivity index is 1.84. The van der Waals surface area contributed by atoms with Crippen molar-refractivity contribution in [1.82, 2.24) is 10.2 Å². The maximum absolute atomic E-state index is 14.7. The lowest BCUT2D eigenvalue weighted by molar-refractivity contribution is -0.140. The lowest BCUT2D eigenvalue weighted by Crippen LogP contribution is -2.54. The summed E-state index contributed by atoms with van der Waals surface area (Å²) in [5, 5.41) is 3.06. The van der Waals surface area contributed by atoms with E-state index in [4.69, 9.17) is 4.74 Å². The van der Waals surface area contributed by atoms with Crippen LogP contribution in [0.3, 0.4) is 0 Å². The second kappa shape index (κ2) is 16.6. The zero-order valence-electron chi connectivity index (χ0n) is 27.2. The highest BCUT2D eigenvalue weighted by Gasteiger charge is 2.35. The van der Waals surface area contributed by atoms with Gasteiger partial charge in [0.15, 0.2) is 0 Å². The summed E-state index contributed by atoms with van der Waals surface area (Å²) in [6, 6.07) is 29.2. The number of hydrogen-bond acceptors (Lipinski definition) is 5. The number of aryl methyl sites for hydroxylation is 1. The van der Waals surface area contributed by atoms with E-state index in [1.165, 1.54) is 17.0 Å². The third kappa shape index (κ3) is 9.45. The normalized spacial score (nSPS) is 12.5. The van der Waals surface area contributed by atoms with Gasteiger partial charge in [-0.3, -0.25) is 13.9 Å². The topological polar surface area (TPSA) is 96.0 Å². The zero-order chi connectivity index (χ0) is 34.0. The summed E-state index contributed by atoms with van der Waals surface area (Å²) in [7, 11) is -4.25. The third-order valence-corrected chi connectivity index (χ3v) is 10.2. The van der Waals surface area contributed by atoms with Gasteiger partial charge in [-0.05, 0) is 74.7 Å². The van der Waals surface area contributed by atoms with E-state index >= 15 is 0 Å². The standard InChI is InChI=1S/C37H42BrN3O5S/c1-5-28(4)39-37(43)34(24-29-12-8-7-9-13-29)40(25-30-18-20-31(38)21-19-30)36(42)26-41(33-14-10-11-15-35(33)46-6-2)47(44,45)32-22-16-27(3)17-23-32/h7-23,28,34H,5-6,24-26H2,1-4H3,(H,39,43)/t28-,34-/m1/s1. The summed E-state index contributed by atoms with van der Waals surface area (Å²) in [5.41, 5.74) is 2.79. The Morgan fingerprint density at radius 3 is 2.13 bits per heavy atom. The Bertz CT molecular complexity index is 1730. The maximum atomic E-state index is 14.7. The van der Waals surface area contributed by atoms with Crippen LogP contribution in [-0.4, -0.2) is 50.4 Å². The molecule has 2 amide bonds. The van der Waals surface area contributed by atoms with E-state index in [1.807, 2.05) is 82.3 Å². The van der Waals surface area contributed by atoms with Crippen molar-refractivity contribution in [3.63, 3.8) is 0 Å². The molecule has 0 saturated heterocycles. The number of halogens is 1. The van der Waals surface area contributed by atoms with Crippen LogP contribution in [0.15, 0.2) is 112 Å². The Labute approximate surface area is 286 Å². The quantitative estimate of drug-likeness (QED) is 0.144. The second-order valence-corrected chi connectivity index (χ2v) is 14.2. The van der Waals surface area contributed by atoms with Crippen molar-refractivity contribution >= 4 is 43.5 Å². The van der Waals surface area contributed by atoms with Crippen LogP contribution in [0, 0.1) is 6.92 Å². The highest BCUT2D eigenvalue weighted by Crippen LogP contribution is 2.33. The molecule has 0 saturated carbocycles. The first kappa shape index (κ1) is 35.7. The summed E-state index contributed by atoms with van der Waals surface area (Å²) < 4.78 is 36.5. The lowest BCUT2D eigenvalue weighted by atomic mass is 10.0. The lowest BCUT2D eigenvalue weighted by Gasteiger charge is -2.34. The molecule has 0 heterocycles. The first-order chi connectivity index (χ1) is 22.5. The number of nitrogens with zero attached hydrogens (tertiary/aromatic N) is 2. The molecule has 0 bridgehead atoms. The van der Waals surface area contributed by atoms with E-state index in [0.29, 0.717) is 18.8 Å². The number of nitrogens with one attached hydrogen (secondary N) is 1. The van der Waals surface area contributed by atoms with E-state index < -0.39 is 28.5 Å². The highest BCUT2D eigenvalue weighted by atomic mass is 79.9. The van der Waals surface area contributed by atoms with Gasteiger partial charge in [-0.1, -0.05) is 95.1 Å². The Morgan fingerprint density at radius 1 is 0.851 bits per heavy atom. The van der Waals surface area contributed by atoms with Crippen molar-refractivity contribution in [2.45, 2.75) is 64.1 Å². The van der Waals surface area contributed by atoms with Crippen molar-refractivity contribution in [3.8, 4) is 5.75 Å². The first-order valence-electron chi connectivity index (χ1n) is 15.7. The monoisotopic (exact) mass is 719 g/mol. The molecule has 0 radical (unpaired) electrons. The summed E-state index contributed by atoms with van der Waals surface area (Å²) in [6.45, 7) is 7.41. The fourth-order valence-electron chi connectivity index (χ4n) is 5.07. The van der Waals surface area contributed by atoms with E-state index in [0.717, 1.165) is 25.5 Å². The fraction of sp³-hybridized carbons (Fsp3) is 0.297. The summed E-state index contributed by atoms with van der Waals surface area (Å²) >= 11 is 3.47. The summed E-state index contributed by atoms with van der Waals surface area (Å²) in [4.78, 5) is 30.2. The average Bonchev–Trinajstić information content (AvgIpc) is 3.07. The van der Waals surface area contributed by atoms with Crippen molar-refractivity contribution in [1.29, 1.82) is 0 Å². The minimum absolute atomic E-state index is 0.0389. The molecule has 0 unspecified atom stereocenters. The van der Waals surface area contributed by atoms with E-state index in [1.54, 1.807) is 36.4 Å². The fourth-order valence-corrected chi connectivity index (χ4v) is 6.76.